The fourth-order valence-electron chi connectivity index (χ4n) is 4.30. The molecule has 0 unspecified atom stereocenters. The second-order valence-electron chi connectivity index (χ2n) is 8.60. The highest BCUT2D eigenvalue weighted by Crippen LogP contribution is 2.29. The summed E-state index contributed by atoms with van der Waals surface area (Å²) >= 11 is 1.71. The number of aromatic nitrogens is 3. The minimum absolute atomic E-state index is 0.242. The smallest absolute Gasteiger partial charge is 0.267 e. The molecule has 1 saturated heterocycles. The van der Waals surface area contributed by atoms with Crippen molar-refractivity contribution in [3.8, 4) is 21.8 Å². The fraction of sp³-hybridized carbons (Fsp3) is 0.269. The third-order valence-corrected chi connectivity index (χ3v) is 7.10. The molecule has 2 aromatic heterocycles. The van der Waals surface area contributed by atoms with Gasteiger partial charge in [0, 0.05) is 34.3 Å². The van der Waals surface area contributed by atoms with Crippen LogP contribution in [0.2, 0.25) is 0 Å². The first-order valence-electron chi connectivity index (χ1n) is 11.3. The molecule has 174 valence electrons. The highest BCUT2D eigenvalue weighted by Gasteiger charge is 2.16. The zero-order valence-corrected chi connectivity index (χ0v) is 19.3. The van der Waals surface area contributed by atoms with Crippen molar-refractivity contribution in [3.63, 3.8) is 0 Å². The van der Waals surface area contributed by atoms with Gasteiger partial charge in [-0.1, -0.05) is 18.2 Å². The standard InChI is InChI=1S/C26H24F2N4OS/c27-21-12-20(13-22(28)14-21)24-4-5-25(33)32(31-24)16-18-2-1-3-19(10-18)26-30-15-23(34-26)11-17-6-8-29-9-7-17/h1-5,10,12-15,17,29H,6-9,11,16H2. The minimum Gasteiger partial charge on any atom is -0.317 e. The summed E-state index contributed by atoms with van der Waals surface area (Å²) in [7, 11) is 0. The molecule has 8 heteroatoms. The monoisotopic (exact) mass is 478 g/mol. The summed E-state index contributed by atoms with van der Waals surface area (Å²) < 4.78 is 28.6. The predicted octanol–water partition coefficient (Wildman–Crippen LogP) is 4.90. The molecule has 0 radical (unpaired) electrons. The molecule has 34 heavy (non-hydrogen) atoms. The van der Waals surface area contributed by atoms with Crippen LogP contribution < -0.4 is 10.9 Å². The molecule has 4 aromatic rings. The van der Waals surface area contributed by atoms with Crippen LogP contribution in [0.3, 0.4) is 0 Å². The van der Waals surface area contributed by atoms with Crippen molar-refractivity contribution in [3.05, 3.63) is 93.2 Å². The van der Waals surface area contributed by atoms with Gasteiger partial charge in [0.1, 0.15) is 16.6 Å². The lowest BCUT2D eigenvalue weighted by Gasteiger charge is -2.21. The quantitative estimate of drug-likeness (QED) is 0.428. The van der Waals surface area contributed by atoms with Gasteiger partial charge in [-0.3, -0.25) is 4.79 Å². The lowest BCUT2D eigenvalue weighted by Crippen LogP contribution is -2.28. The van der Waals surface area contributed by atoms with Crippen LogP contribution >= 0.6 is 11.3 Å². The number of rotatable bonds is 6. The Morgan fingerprint density at radius 3 is 2.59 bits per heavy atom. The number of nitrogens with zero attached hydrogens (tertiary/aromatic N) is 3. The number of benzene rings is 2. The first kappa shape index (κ1) is 22.6. The highest BCUT2D eigenvalue weighted by atomic mass is 32.1. The van der Waals surface area contributed by atoms with Crippen LogP contribution in [0.25, 0.3) is 21.8 Å². The maximum Gasteiger partial charge on any atom is 0.267 e. The van der Waals surface area contributed by atoms with E-state index in [4.69, 9.17) is 0 Å². The highest BCUT2D eigenvalue weighted by molar-refractivity contribution is 7.15. The molecule has 0 amide bonds. The molecule has 1 aliphatic rings. The van der Waals surface area contributed by atoms with E-state index in [0.717, 1.165) is 41.7 Å². The second kappa shape index (κ2) is 9.95. The van der Waals surface area contributed by atoms with Gasteiger partial charge in [0.15, 0.2) is 0 Å². The van der Waals surface area contributed by atoms with Crippen molar-refractivity contribution >= 4 is 11.3 Å². The Morgan fingerprint density at radius 2 is 1.79 bits per heavy atom. The molecule has 3 heterocycles. The zero-order chi connectivity index (χ0) is 23.5. The van der Waals surface area contributed by atoms with Crippen LogP contribution in [-0.2, 0) is 13.0 Å². The van der Waals surface area contributed by atoms with Crippen LogP contribution in [0.5, 0.6) is 0 Å². The van der Waals surface area contributed by atoms with Crippen LogP contribution in [0, 0.1) is 17.6 Å². The SMILES string of the molecule is O=c1ccc(-c2cc(F)cc(F)c2)nn1Cc1cccc(-c2ncc(CC3CCNCC3)s2)c1. The summed E-state index contributed by atoms with van der Waals surface area (Å²) in [6.45, 7) is 2.41. The van der Waals surface area contributed by atoms with Crippen LogP contribution in [0.4, 0.5) is 8.78 Å². The average Bonchev–Trinajstić information content (AvgIpc) is 3.29. The molecule has 5 nitrogen and oxygen atoms in total. The van der Waals surface area contributed by atoms with Gasteiger partial charge in [-0.2, -0.15) is 5.10 Å². The molecule has 0 saturated carbocycles. The van der Waals surface area contributed by atoms with Gasteiger partial charge >= 0.3 is 0 Å². The van der Waals surface area contributed by atoms with Crippen LogP contribution in [-0.4, -0.2) is 27.9 Å². The van der Waals surface area contributed by atoms with E-state index in [1.165, 1.54) is 46.7 Å². The Kier molecular flexibility index (Phi) is 6.60. The van der Waals surface area contributed by atoms with Gasteiger partial charge < -0.3 is 5.32 Å². The van der Waals surface area contributed by atoms with E-state index in [9.17, 15) is 13.6 Å². The summed E-state index contributed by atoms with van der Waals surface area (Å²) in [4.78, 5) is 18.4. The van der Waals surface area contributed by atoms with Crippen molar-refractivity contribution in [1.82, 2.24) is 20.1 Å². The van der Waals surface area contributed by atoms with Gasteiger partial charge in [0.25, 0.3) is 5.56 Å². The maximum atomic E-state index is 13.6. The van der Waals surface area contributed by atoms with Crippen LogP contribution in [0.15, 0.2) is 65.6 Å². The van der Waals surface area contributed by atoms with Crippen LogP contribution in [0.1, 0.15) is 23.3 Å². The van der Waals surface area contributed by atoms with E-state index in [1.54, 1.807) is 11.3 Å². The Labute approximate surface area is 200 Å². The van der Waals surface area contributed by atoms with Gasteiger partial charge in [0.2, 0.25) is 0 Å². The largest absolute Gasteiger partial charge is 0.317 e. The number of thiazole rings is 1. The Bertz CT molecular complexity index is 1340. The molecule has 5 rings (SSSR count). The lowest BCUT2D eigenvalue weighted by atomic mass is 9.94. The average molecular weight is 479 g/mol. The third kappa shape index (κ3) is 5.29. The van der Waals surface area contributed by atoms with E-state index < -0.39 is 11.6 Å². The van der Waals surface area contributed by atoms with E-state index >= 15 is 0 Å². The maximum absolute atomic E-state index is 13.6. The molecular formula is C26H24F2N4OS. The summed E-state index contributed by atoms with van der Waals surface area (Å²) in [6, 6.07) is 13.9. The Hall–Kier alpha value is -3.23. The van der Waals surface area contributed by atoms with E-state index in [-0.39, 0.29) is 17.7 Å². The predicted molar refractivity (Wildman–Crippen MR) is 130 cm³/mol. The molecule has 0 bridgehead atoms. The van der Waals surface area contributed by atoms with Crippen molar-refractivity contribution in [2.24, 2.45) is 5.92 Å². The van der Waals surface area contributed by atoms with Crippen molar-refractivity contribution in [2.45, 2.75) is 25.8 Å². The number of nitrogens with one attached hydrogen (secondary N) is 1. The molecule has 1 aliphatic heterocycles. The molecular weight excluding hydrogens is 454 g/mol. The topological polar surface area (TPSA) is 59.8 Å². The molecule has 2 aromatic carbocycles. The first-order chi connectivity index (χ1) is 16.5. The first-order valence-corrected chi connectivity index (χ1v) is 12.1. The third-order valence-electron chi connectivity index (χ3n) is 6.03. The van der Waals surface area contributed by atoms with E-state index in [2.05, 4.69) is 15.4 Å². The Balaban J connectivity index is 1.36. The molecule has 0 atom stereocenters. The number of hydrogen-bond acceptors (Lipinski definition) is 5. The molecule has 0 aliphatic carbocycles. The fourth-order valence-corrected chi connectivity index (χ4v) is 5.32. The summed E-state index contributed by atoms with van der Waals surface area (Å²) in [5.41, 5.74) is 2.21. The minimum atomic E-state index is -0.690. The molecule has 1 fully saturated rings. The number of halogens is 2. The second-order valence-corrected chi connectivity index (χ2v) is 9.72. The van der Waals surface area contributed by atoms with Gasteiger partial charge in [-0.05, 0) is 68.1 Å². The zero-order valence-electron chi connectivity index (χ0n) is 18.5. The van der Waals surface area contributed by atoms with Crippen molar-refractivity contribution in [2.75, 3.05) is 13.1 Å². The van der Waals surface area contributed by atoms with Gasteiger partial charge in [-0.15, -0.1) is 11.3 Å². The normalized spacial score (nSPS) is 14.4. The van der Waals surface area contributed by atoms with Gasteiger partial charge in [-0.25, -0.2) is 18.4 Å². The van der Waals surface area contributed by atoms with Crippen molar-refractivity contribution < 1.29 is 8.78 Å². The number of piperidine rings is 1. The summed E-state index contributed by atoms with van der Waals surface area (Å²) in [5, 5.41) is 8.70. The summed E-state index contributed by atoms with van der Waals surface area (Å²) in [6.07, 6.45) is 5.44. The molecule has 0 spiro atoms. The van der Waals surface area contributed by atoms with E-state index in [1.807, 2.05) is 30.5 Å². The molecule has 1 N–H and O–H groups in total. The van der Waals surface area contributed by atoms with Crippen molar-refractivity contribution in [1.29, 1.82) is 0 Å². The number of hydrogen-bond donors (Lipinski definition) is 1. The Morgan fingerprint density at radius 1 is 1.00 bits per heavy atom. The van der Waals surface area contributed by atoms with Gasteiger partial charge in [0.05, 0.1) is 12.2 Å². The summed E-state index contributed by atoms with van der Waals surface area (Å²) in [5.74, 6) is -0.673. The lowest BCUT2D eigenvalue weighted by molar-refractivity contribution is 0.374. The van der Waals surface area contributed by atoms with E-state index in [0.29, 0.717) is 11.6 Å².